The van der Waals surface area contributed by atoms with Crippen molar-refractivity contribution in [2.24, 2.45) is 5.92 Å². The normalized spacial score (nSPS) is 28.3. The van der Waals surface area contributed by atoms with Crippen LogP contribution >= 0.6 is 0 Å². The first-order chi connectivity index (χ1) is 7.84. The Morgan fingerprint density at radius 2 is 1.81 bits per heavy atom. The number of piperidine rings is 1. The maximum absolute atomic E-state index is 3.50. The van der Waals surface area contributed by atoms with Gasteiger partial charge in [0, 0.05) is 32.7 Å². The van der Waals surface area contributed by atoms with E-state index in [0.29, 0.717) is 0 Å². The molecule has 2 rings (SSSR count). The predicted molar refractivity (Wildman–Crippen MR) is 70.9 cm³/mol. The van der Waals surface area contributed by atoms with Crippen LogP contribution in [0.2, 0.25) is 0 Å². The van der Waals surface area contributed by atoms with Crippen LogP contribution in [0.15, 0.2) is 0 Å². The SMILES string of the molecule is CC.CN1CCN(CC2CCCNC2)CC1. The highest BCUT2D eigenvalue weighted by Gasteiger charge is 2.19. The summed E-state index contributed by atoms with van der Waals surface area (Å²) in [6.07, 6.45) is 2.80. The number of likely N-dealkylation sites (N-methyl/N-ethyl adjacent to an activating group) is 1. The molecule has 1 N–H and O–H groups in total. The zero-order chi connectivity index (χ0) is 11.8. The van der Waals surface area contributed by atoms with E-state index in [1.54, 1.807) is 0 Å². The van der Waals surface area contributed by atoms with Crippen LogP contribution in [-0.2, 0) is 0 Å². The molecule has 3 nitrogen and oxygen atoms in total. The highest BCUT2D eigenvalue weighted by Crippen LogP contribution is 2.12. The molecule has 0 aromatic heterocycles. The van der Waals surface area contributed by atoms with Crippen molar-refractivity contribution in [3.63, 3.8) is 0 Å². The summed E-state index contributed by atoms with van der Waals surface area (Å²) in [6, 6.07) is 0. The second-order valence-electron chi connectivity index (χ2n) is 4.82. The molecule has 2 saturated heterocycles. The van der Waals surface area contributed by atoms with Gasteiger partial charge in [0.2, 0.25) is 0 Å². The second-order valence-corrected chi connectivity index (χ2v) is 4.82. The first-order valence-corrected chi connectivity index (χ1v) is 6.96. The summed E-state index contributed by atoms with van der Waals surface area (Å²) in [5.74, 6) is 0.909. The number of hydrogen-bond acceptors (Lipinski definition) is 3. The minimum absolute atomic E-state index is 0.909. The van der Waals surface area contributed by atoms with E-state index in [1.807, 2.05) is 13.8 Å². The van der Waals surface area contributed by atoms with Crippen molar-refractivity contribution in [1.29, 1.82) is 0 Å². The predicted octanol–water partition coefficient (Wildman–Crippen LogP) is 1.26. The topological polar surface area (TPSA) is 18.5 Å². The highest BCUT2D eigenvalue weighted by atomic mass is 15.2. The van der Waals surface area contributed by atoms with Crippen LogP contribution in [0.4, 0.5) is 0 Å². The summed E-state index contributed by atoms with van der Waals surface area (Å²) < 4.78 is 0. The molecule has 2 heterocycles. The molecule has 0 aromatic carbocycles. The van der Waals surface area contributed by atoms with E-state index >= 15 is 0 Å². The molecule has 1 unspecified atom stereocenters. The molecule has 0 bridgehead atoms. The van der Waals surface area contributed by atoms with Gasteiger partial charge < -0.3 is 15.1 Å². The maximum Gasteiger partial charge on any atom is 0.0110 e. The largest absolute Gasteiger partial charge is 0.316 e. The lowest BCUT2D eigenvalue weighted by Gasteiger charge is -2.35. The van der Waals surface area contributed by atoms with Gasteiger partial charge in [-0.05, 0) is 38.9 Å². The van der Waals surface area contributed by atoms with E-state index in [9.17, 15) is 0 Å². The van der Waals surface area contributed by atoms with Crippen LogP contribution in [0.25, 0.3) is 0 Å². The molecule has 0 radical (unpaired) electrons. The number of hydrogen-bond donors (Lipinski definition) is 1. The lowest BCUT2D eigenvalue weighted by Crippen LogP contribution is -2.47. The average Bonchev–Trinajstić information content (AvgIpc) is 2.36. The molecule has 0 amide bonds. The minimum Gasteiger partial charge on any atom is -0.316 e. The van der Waals surface area contributed by atoms with Gasteiger partial charge in [-0.15, -0.1) is 0 Å². The van der Waals surface area contributed by atoms with Crippen LogP contribution in [0.1, 0.15) is 26.7 Å². The van der Waals surface area contributed by atoms with Crippen molar-refractivity contribution in [3.8, 4) is 0 Å². The van der Waals surface area contributed by atoms with Gasteiger partial charge in [0.05, 0.1) is 0 Å². The van der Waals surface area contributed by atoms with Crippen LogP contribution in [-0.4, -0.2) is 62.7 Å². The van der Waals surface area contributed by atoms with E-state index in [-0.39, 0.29) is 0 Å². The Morgan fingerprint density at radius 3 is 2.38 bits per heavy atom. The summed E-state index contributed by atoms with van der Waals surface area (Å²) in [4.78, 5) is 5.06. The van der Waals surface area contributed by atoms with Crippen LogP contribution in [0.5, 0.6) is 0 Å². The standard InChI is InChI=1S/C11H23N3.C2H6/c1-13-5-7-14(8-6-13)10-11-3-2-4-12-9-11;1-2/h11-12H,2-10H2,1H3;1-2H3. The van der Waals surface area contributed by atoms with Crippen molar-refractivity contribution in [2.75, 3.05) is 52.9 Å². The number of nitrogens with one attached hydrogen (secondary N) is 1. The zero-order valence-corrected chi connectivity index (χ0v) is 11.3. The van der Waals surface area contributed by atoms with Crippen molar-refractivity contribution in [2.45, 2.75) is 26.7 Å². The summed E-state index contributed by atoms with van der Waals surface area (Å²) in [6.45, 7) is 12.8. The highest BCUT2D eigenvalue weighted by molar-refractivity contribution is 4.76. The third-order valence-electron chi connectivity index (χ3n) is 3.51. The fraction of sp³-hybridized carbons (Fsp3) is 1.00. The molecule has 16 heavy (non-hydrogen) atoms. The third-order valence-corrected chi connectivity index (χ3v) is 3.51. The Balaban J connectivity index is 0.000000606. The Hall–Kier alpha value is -0.120. The summed E-state index contributed by atoms with van der Waals surface area (Å²) in [5.41, 5.74) is 0. The van der Waals surface area contributed by atoms with Gasteiger partial charge in [0.25, 0.3) is 0 Å². The average molecular weight is 227 g/mol. The van der Waals surface area contributed by atoms with E-state index in [0.717, 1.165) is 5.92 Å². The molecule has 1 atom stereocenters. The molecule has 2 fully saturated rings. The van der Waals surface area contributed by atoms with E-state index < -0.39 is 0 Å². The van der Waals surface area contributed by atoms with Crippen molar-refractivity contribution in [1.82, 2.24) is 15.1 Å². The lowest BCUT2D eigenvalue weighted by molar-refractivity contribution is 0.129. The van der Waals surface area contributed by atoms with Gasteiger partial charge in [-0.2, -0.15) is 0 Å². The molecule has 0 saturated carbocycles. The van der Waals surface area contributed by atoms with E-state index in [4.69, 9.17) is 0 Å². The zero-order valence-electron chi connectivity index (χ0n) is 11.3. The molecule has 96 valence electrons. The maximum atomic E-state index is 3.50. The smallest absolute Gasteiger partial charge is 0.0110 e. The second kappa shape index (κ2) is 8.04. The monoisotopic (exact) mass is 227 g/mol. The summed E-state index contributed by atoms with van der Waals surface area (Å²) in [5, 5.41) is 3.50. The van der Waals surface area contributed by atoms with Crippen LogP contribution in [0, 0.1) is 5.92 Å². The molecule has 3 heteroatoms. The Morgan fingerprint density at radius 1 is 1.12 bits per heavy atom. The van der Waals surface area contributed by atoms with Gasteiger partial charge in [-0.1, -0.05) is 13.8 Å². The van der Waals surface area contributed by atoms with E-state index in [1.165, 1.54) is 58.7 Å². The minimum atomic E-state index is 0.909. The Labute approximate surface area is 101 Å². The van der Waals surface area contributed by atoms with Gasteiger partial charge in [0.15, 0.2) is 0 Å². The molecule has 0 aliphatic carbocycles. The lowest BCUT2D eigenvalue weighted by atomic mass is 9.99. The third kappa shape index (κ3) is 4.81. The molecule has 0 aromatic rings. The summed E-state index contributed by atoms with van der Waals surface area (Å²) >= 11 is 0. The van der Waals surface area contributed by atoms with Gasteiger partial charge in [0.1, 0.15) is 0 Å². The Kier molecular flexibility index (Phi) is 7.01. The summed E-state index contributed by atoms with van der Waals surface area (Å²) in [7, 11) is 2.22. The van der Waals surface area contributed by atoms with Crippen molar-refractivity contribution < 1.29 is 0 Å². The first kappa shape index (κ1) is 13.9. The number of nitrogens with zero attached hydrogens (tertiary/aromatic N) is 2. The fourth-order valence-electron chi connectivity index (χ4n) is 2.48. The number of rotatable bonds is 2. The molecule has 0 spiro atoms. The van der Waals surface area contributed by atoms with E-state index in [2.05, 4.69) is 22.2 Å². The van der Waals surface area contributed by atoms with Gasteiger partial charge in [-0.3, -0.25) is 0 Å². The van der Waals surface area contributed by atoms with Gasteiger partial charge >= 0.3 is 0 Å². The van der Waals surface area contributed by atoms with Crippen LogP contribution < -0.4 is 5.32 Å². The molecular formula is C13H29N3. The van der Waals surface area contributed by atoms with Crippen LogP contribution in [0.3, 0.4) is 0 Å². The quantitative estimate of drug-likeness (QED) is 0.766. The Bertz CT molecular complexity index is 159. The van der Waals surface area contributed by atoms with Crippen molar-refractivity contribution in [3.05, 3.63) is 0 Å². The van der Waals surface area contributed by atoms with Crippen molar-refractivity contribution >= 4 is 0 Å². The molecular weight excluding hydrogens is 198 g/mol. The number of piperazine rings is 1. The van der Waals surface area contributed by atoms with Gasteiger partial charge in [-0.25, -0.2) is 0 Å². The fourth-order valence-corrected chi connectivity index (χ4v) is 2.48. The molecule has 2 aliphatic heterocycles. The molecule has 2 aliphatic rings. The first-order valence-electron chi connectivity index (χ1n) is 6.96.